The molecular formula is C27H36O5. The van der Waals surface area contributed by atoms with E-state index in [4.69, 9.17) is 9.47 Å². The molecule has 0 aliphatic heterocycles. The van der Waals surface area contributed by atoms with Crippen LogP contribution in [0.3, 0.4) is 0 Å². The quantitative estimate of drug-likeness (QED) is 0.432. The molecule has 174 valence electrons. The first-order valence-corrected chi connectivity index (χ1v) is 10.4. The summed E-state index contributed by atoms with van der Waals surface area (Å²) in [6, 6.07) is 11.1. The number of aryl methyl sites for hydroxylation is 4. The van der Waals surface area contributed by atoms with Gasteiger partial charge in [0.2, 0.25) is 5.75 Å². The molecule has 0 atom stereocenters. The van der Waals surface area contributed by atoms with Gasteiger partial charge in [0.15, 0.2) is 11.5 Å². The fourth-order valence-corrected chi connectivity index (χ4v) is 2.96. The van der Waals surface area contributed by atoms with Crippen molar-refractivity contribution in [2.75, 3.05) is 14.2 Å². The number of hydrogen-bond acceptors (Lipinski definition) is 5. The van der Waals surface area contributed by atoms with Gasteiger partial charge in [0.25, 0.3) is 0 Å². The van der Waals surface area contributed by atoms with Crippen LogP contribution in [0, 0.1) is 48.5 Å². The maximum absolute atomic E-state index is 9.57. The molecule has 0 aliphatic carbocycles. The Morgan fingerprint density at radius 3 is 1.31 bits per heavy atom. The lowest BCUT2D eigenvalue weighted by molar-refractivity contribution is 0.340. The Kier molecular flexibility index (Phi) is 9.92. The van der Waals surface area contributed by atoms with Gasteiger partial charge in [-0.05, 0) is 99.5 Å². The number of ether oxygens (including phenoxy) is 2. The number of rotatable bonds is 2. The SMILES string of the molecule is COc1cccc(OC)c1O.Cc1cc(C)c(C)c(O)c1C.Cc1ccc(C)c(O)c1C. The van der Waals surface area contributed by atoms with Gasteiger partial charge in [-0.15, -0.1) is 0 Å². The summed E-state index contributed by atoms with van der Waals surface area (Å²) in [5.41, 5.74) is 7.38. The van der Waals surface area contributed by atoms with E-state index in [2.05, 4.69) is 6.07 Å². The van der Waals surface area contributed by atoms with E-state index in [0.717, 1.165) is 38.9 Å². The number of benzene rings is 3. The molecule has 0 bridgehead atoms. The summed E-state index contributed by atoms with van der Waals surface area (Å²) in [5.74, 6) is 1.76. The Labute approximate surface area is 191 Å². The Hall–Kier alpha value is -3.34. The number of phenols is 3. The molecule has 0 spiro atoms. The third kappa shape index (κ3) is 6.58. The zero-order chi connectivity index (χ0) is 24.6. The van der Waals surface area contributed by atoms with Gasteiger partial charge in [0.05, 0.1) is 14.2 Å². The predicted molar refractivity (Wildman–Crippen MR) is 131 cm³/mol. The minimum Gasteiger partial charge on any atom is -0.507 e. The van der Waals surface area contributed by atoms with Gasteiger partial charge in [0, 0.05) is 0 Å². The molecule has 3 aromatic carbocycles. The van der Waals surface area contributed by atoms with Crippen LogP contribution in [-0.4, -0.2) is 29.5 Å². The molecular weight excluding hydrogens is 404 g/mol. The first kappa shape index (κ1) is 26.7. The molecule has 0 fully saturated rings. The summed E-state index contributed by atoms with van der Waals surface area (Å²) >= 11 is 0. The second kappa shape index (κ2) is 11.9. The Morgan fingerprint density at radius 1 is 0.500 bits per heavy atom. The lowest BCUT2D eigenvalue weighted by Crippen LogP contribution is -1.88. The Morgan fingerprint density at radius 2 is 0.906 bits per heavy atom. The molecule has 0 aromatic heterocycles. The zero-order valence-corrected chi connectivity index (χ0v) is 20.6. The summed E-state index contributed by atoms with van der Waals surface area (Å²) in [5, 5.41) is 28.3. The molecule has 3 aromatic rings. The summed E-state index contributed by atoms with van der Waals surface area (Å²) in [6.45, 7) is 13.7. The largest absolute Gasteiger partial charge is 0.507 e. The molecule has 0 radical (unpaired) electrons. The van der Waals surface area contributed by atoms with Crippen LogP contribution >= 0.6 is 0 Å². The number of hydrogen-bond donors (Lipinski definition) is 3. The van der Waals surface area contributed by atoms with Gasteiger partial charge < -0.3 is 24.8 Å². The van der Waals surface area contributed by atoms with Crippen LogP contribution in [-0.2, 0) is 0 Å². The van der Waals surface area contributed by atoms with Crippen molar-refractivity contribution in [1.29, 1.82) is 0 Å². The second-order valence-electron chi connectivity index (χ2n) is 7.79. The third-order valence-corrected chi connectivity index (χ3v) is 5.63. The molecule has 5 nitrogen and oxygen atoms in total. The van der Waals surface area contributed by atoms with Crippen molar-refractivity contribution in [3.05, 3.63) is 75.3 Å². The van der Waals surface area contributed by atoms with E-state index in [9.17, 15) is 15.3 Å². The van der Waals surface area contributed by atoms with Crippen LogP contribution in [0.5, 0.6) is 28.7 Å². The van der Waals surface area contributed by atoms with Crippen LogP contribution in [0.15, 0.2) is 36.4 Å². The number of phenolic OH excluding ortho intramolecular Hbond substituents is 3. The second-order valence-corrected chi connectivity index (χ2v) is 7.79. The van der Waals surface area contributed by atoms with Crippen LogP contribution in [0.1, 0.15) is 38.9 Å². The van der Waals surface area contributed by atoms with Crippen molar-refractivity contribution in [1.82, 2.24) is 0 Å². The third-order valence-electron chi connectivity index (χ3n) is 5.63. The van der Waals surface area contributed by atoms with Crippen molar-refractivity contribution in [3.8, 4) is 28.7 Å². The van der Waals surface area contributed by atoms with Gasteiger partial charge in [-0.1, -0.05) is 24.3 Å². The van der Waals surface area contributed by atoms with E-state index in [1.165, 1.54) is 14.2 Å². The maximum Gasteiger partial charge on any atom is 0.200 e. The fraction of sp³-hybridized carbons (Fsp3) is 0.333. The summed E-state index contributed by atoms with van der Waals surface area (Å²) in [6.07, 6.45) is 0. The highest BCUT2D eigenvalue weighted by atomic mass is 16.5. The highest BCUT2D eigenvalue weighted by Gasteiger charge is 2.06. The highest BCUT2D eigenvalue weighted by molar-refractivity contribution is 5.50. The topological polar surface area (TPSA) is 79.2 Å². The average molecular weight is 441 g/mol. The molecule has 0 aliphatic rings. The molecule has 0 amide bonds. The molecule has 3 N–H and O–H groups in total. The van der Waals surface area contributed by atoms with Crippen LogP contribution in [0.2, 0.25) is 0 Å². The summed E-state index contributed by atoms with van der Waals surface area (Å²) in [7, 11) is 2.99. The summed E-state index contributed by atoms with van der Waals surface area (Å²) in [4.78, 5) is 0. The van der Waals surface area contributed by atoms with Crippen molar-refractivity contribution in [3.63, 3.8) is 0 Å². The number of aromatic hydroxyl groups is 3. The van der Waals surface area contributed by atoms with Crippen LogP contribution < -0.4 is 9.47 Å². The smallest absolute Gasteiger partial charge is 0.200 e. The van der Waals surface area contributed by atoms with E-state index >= 15 is 0 Å². The minimum absolute atomic E-state index is 0.0394. The number of para-hydroxylation sites is 1. The van der Waals surface area contributed by atoms with E-state index in [1.807, 2.05) is 60.6 Å². The molecule has 3 rings (SSSR count). The van der Waals surface area contributed by atoms with Crippen molar-refractivity contribution in [2.45, 2.75) is 48.5 Å². The molecule has 0 unspecified atom stereocenters. The van der Waals surface area contributed by atoms with E-state index in [-0.39, 0.29) is 5.75 Å². The van der Waals surface area contributed by atoms with Gasteiger partial charge in [-0.3, -0.25) is 0 Å². The highest BCUT2D eigenvalue weighted by Crippen LogP contribution is 2.34. The van der Waals surface area contributed by atoms with E-state index in [1.54, 1.807) is 18.2 Å². The van der Waals surface area contributed by atoms with Gasteiger partial charge in [-0.25, -0.2) is 0 Å². The zero-order valence-electron chi connectivity index (χ0n) is 20.6. The van der Waals surface area contributed by atoms with E-state index in [0.29, 0.717) is 23.0 Å². The van der Waals surface area contributed by atoms with Gasteiger partial charge in [0.1, 0.15) is 11.5 Å². The van der Waals surface area contributed by atoms with Crippen LogP contribution in [0.4, 0.5) is 0 Å². The van der Waals surface area contributed by atoms with E-state index < -0.39 is 0 Å². The lowest BCUT2D eigenvalue weighted by atomic mass is 10.0. The lowest BCUT2D eigenvalue weighted by Gasteiger charge is -2.08. The Balaban J connectivity index is 0.000000240. The molecule has 0 saturated carbocycles. The first-order chi connectivity index (χ1) is 15.0. The summed E-state index contributed by atoms with van der Waals surface area (Å²) < 4.78 is 9.71. The monoisotopic (exact) mass is 440 g/mol. The molecule has 0 heterocycles. The predicted octanol–water partition coefficient (Wildman–Crippen LogP) is 6.35. The van der Waals surface area contributed by atoms with Crippen molar-refractivity contribution >= 4 is 0 Å². The molecule has 5 heteroatoms. The van der Waals surface area contributed by atoms with Crippen molar-refractivity contribution < 1.29 is 24.8 Å². The van der Waals surface area contributed by atoms with Crippen molar-refractivity contribution in [2.24, 2.45) is 0 Å². The van der Waals surface area contributed by atoms with Gasteiger partial charge >= 0.3 is 0 Å². The Bertz CT molecular complexity index is 979. The van der Waals surface area contributed by atoms with Crippen LogP contribution in [0.25, 0.3) is 0 Å². The normalized spacial score (nSPS) is 9.78. The fourth-order valence-electron chi connectivity index (χ4n) is 2.96. The van der Waals surface area contributed by atoms with Gasteiger partial charge in [-0.2, -0.15) is 0 Å². The maximum atomic E-state index is 9.57. The molecule has 0 saturated heterocycles. The minimum atomic E-state index is 0.0394. The first-order valence-electron chi connectivity index (χ1n) is 10.4. The number of methoxy groups -OCH3 is 2. The average Bonchev–Trinajstić information content (AvgIpc) is 2.78. The molecule has 32 heavy (non-hydrogen) atoms. The standard InChI is InChI=1S/C10H14O.C9H12O.C8H10O3/c1-6-5-7(2)9(4)10(11)8(6)3;1-6-4-5-7(2)9(10)8(6)3;1-10-6-4-3-5-7(11-2)8(6)9/h5,11H,1-4H3;4-5,10H,1-3H3;3-5,9H,1-2H3.